The predicted molar refractivity (Wildman–Crippen MR) is 70.5 cm³/mol. The second-order valence-corrected chi connectivity index (χ2v) is 4.39. The first-order chi connectivity index (χ1) is 9.40. The van der Waals surface area contributed by atoms with Gasteiger partial charge in [0.05, 0.1) is 5.56 Å². The Kier molecular flexibility index (Phi) is 5.42. The summed E-state index contributed by atoms with van der Waals surface area (Å²) in [6, 6.07) is 2.79. The lowest BCUT2D eigenvalue weighted by atomic mass is 10.1. The van der Waals surface area contributed by atoms with Gasteiger partial charge in [-0.1, -0.05) is 12.1 Å². The third-order valence-electron chi connectivity index (χ3n) is 2.95. The van der Waals surface area contributed by atoms with E-state index in [-0.39, 0.29) is 23.9 Å². The minimum Gasteiger partial charge on any atom is -0.409 e. The molecule has 0 aliphatic rings. The Bertz CT molecular complexity index is 520. The van der Waals surface area contributed by atoms with Gasteiger partial charge in [-0.25, -0.2) is 8.78 Å². The number of nitrogens with two attached hydrogens (primary N) is 1. The lowest BCUT2D eigenvalue weighted by molar-refractivity contribution is 0.0749. The molecule has 0 saturated carbocycles. The summed E-state index contributed by atoms with van der Waals surface area (Å²) in [4.78, 5) is 13.5. The Balaban J connectivity index is 2.92. The van der Waals surface area contributed by atoms with E-state index in [1.807, 2.05) is 0 Å². The average Bonchev–Trinajstić information content (AvgIpc) is 2.42. The van der Waals surface area contributed by atoms with E-state index >= 15 is 0 Å². The molecule has 0 radical (unpaired) electrons. The topological polar surface area (TPSA) is 78.9 Å². The smallest absolute Gasteiger partial charge is 0.256 e. The van der Waals surface area contributed by atoms with Crippen LogP contribution in [0.4, 0.5) is 8.78 Å². The molecule has 1 amide bonds. The van der Waals surface area contributed by atoms with E-state index in [0.29, 0.717) is 12.6 Å². The summed E-state index contributed by atoms with van der Waals surface area (Å²) in [5.41, 5.74) is 5.24. The summed E-state index contributed by atoms with van der Waals surface area (Å²) in [6.45, 7) is 3.88. The fraction of sp³-hybridized carbons (Fsp3) is 0.385. The summed E-state index contributed by atoms with van der Waals surface area (Å²) in [5.74, 6) is -2.62. The first-order valence-corrected chi connectivity index (χ1v) is 6.12. The summed E-state index contributed by atoms with van der Waals surface area (Å²) in [5, 5.41) is 11.4. The molecule has 0 spiro atoms. The monoisotopic (exact) mass is 285 g/mol. The summed E-state index contributed by atoms with van der Waals surface area (Å²) < 4.78 is 26.4. The van der Waals surface area contributed by atoms with Crippen molar-refractivity contribution in [3.63, 3.8) is 0 Å². The van der Waals surface area contributed by atoms with E-state index < -0.39 is 17.5 Å². The Morgan fingerprint density at radius 2 is 2.15 bits per heavy atom. The Labute approximate surface area is 115 Å². The molecule has 0 aliphatic heterocycles. The van der Waals surface area contributed by atoms with E-state index in [2.05, 4.69) is 5.16 Å². The molecule has 20 heavy (non-hydrogen) atoms. The summed E-state index contributed by atoms with van der Waals surface area (Å²) in [6.07, 6.45) is 0. The highest BCUT2D eigenvalue weighted by molar-refractivity contribution is 5.95. The van der Waals surface area contributed by atoms with Crippen molar-refractivity contribution in [1.82, 2.24) is 4.90 Å². The average molecular weight is 285 g/mol. The number of carbonyl (C=O) groups excluding carboxylic acids is 1. The molecule has 0 bridgehead atoms. The number of rotatable bonds is 5. The predicted octanol–water partition coefficient (Wildman–Crippen LogP) is 1.81. The SMILES string of the molecule is CCN(CC(C)C(N)=NO)C(=O)c1ccc(F)cc1F. The zero-order valence-corrected chi connectivity index (χ0v) is 11.3. The number of benzene rings is 1. The van der Waals surface area contributed by atoms with Crippen molar-refractivity contribution in [3.05, 3.63) is 35.4 Å². The number of halogens is 2. The molecule has 0 aliphatic carbocycles. The summed E-state index contributed by atoms with van der Waals surface area (Å²) >= 11 is 0. The molecular formula is C13H17F2N3O2. The lowest BCUT2D eigenvalue weighted by Gasteiger charge is -2.24. The first-order valence-electron chi connectivity index (χ1n) is 6.12. The summed E-state index contributed by atoms with van der Waals surface area (Å²) in [7, 11) is 0. The van der Waals surface area contributed by atoms with E-state index in [9.17, 15) is 13.6 Å². The van der Waals surface area contributed by atoms with Crippen molar-refractivity contribution in [3.8, 4) is 0 Å². The molecule has 110 valence electrons. The van der Waals surface area contributed by atoms with E-state index in [1.165, 1.54) is 4.90 Å². The molecule has 1 aromatic rings. The van der Waals surface area contributed by atoms with Crippen LogP contribution in [0.15, 0.2) is 23.4 Å². The number of amidine groups is 1. The number of hydrogen-bond acceptors (Lipinski definition) is 3. The molecular weight excluding hydrogens is 268 g/mol. The van der Waals surface area contributed by atoms with Crippen LogP contribution in [0.25, 0.3) is 0 Å². The molecule has 7 heteroatoms. The maximum absolute atomic E-state index is 13.6. The third kappa shape index (κ3) is 3.66. The van der Waals surface area contributed by atoms with Crippen LogP contribution in [-0.2, 0) is 0 Å². The van der Waals surface area contributed by atoms with Crippen LogP contribution in [0.1, 0.15) is 24.2 Å². The minimum absolute atomic E-state index is 0.0178. The number of carbonyl (C=O) groups is 1. The standard InChI is InChI=1S/C13H17F2N3O2/c1-3-18(7-8(2)12(16)17-20)13(19)10-5-4-9(14)6-11(10)15/h4-6,8,20H,3,7H2,1-2H3,(H2,16,17). The highest BCUT2D eigenvalue weighted by Gasteiger charge is 2.21. The molecule has 1 atom stereocenters. The van der Waals surface area contributed by atoms with Gasteiger partial charge in [0.25, 0.3) is 5.91 Å². The third-order valence-corrected chi connectivity index (χ3v) is 2.95. The van der Waals surface area contributed by atoms with Crippen LogP contribution >= 0.6 is 0 Å². The van der Waals surface area contributed by atoms with Crippen LogP contribution in [0.5, 0.6) is 0 Å². The molecule has 3 N–H and O–H groups in total. The van der Waals surface area contributed by atoms with Gasteiger partial charge in [-0.15, -0.1) is 0 Å². The molecule has 0 heterocycles. The van der Waals surface area contributed by atoms with Gasteiger partial charge >= 0.3 is 0 Å². The van der Waals surface area contributed by atoms with Gasteiger partial charge in [-0.2, -0.15) is 0 Å². The van der Waals surface area contributed by atoms with E-state index in [0.717, 1.165) is 12.1 Å². The maximum atomic E-state index is 13.6. The van der Waals surface area contributed by atoms with Gasteiger partial charge in [0.15, 0.2) is 0 Å². The molecule has 1 aromatic carbocycles. The van der Waals surface area contributed by atoms with E-state index in [4.69, 9.17) is 10.9 Å². The molecule has 0 aromatic heterocycles. The van der Waals surface area contributed by atoms with Crippen LogP contribution in [0.3, 0.4) is 0 Å². The quantitative estimate of drug-likeness (QED) is 0.375. The van der Waals surface area contributed by atoms with Gasteiger partial charge in [-0.05, 0) is 19.1 Å². The molecule has 5 nitrogen and oxygen atoms in total. The highest BCUT2D eigenvalue weighted by atomic mass is 19.1. The van der Waals surface area contributed by atoms with Crippen LogP contribution in [0.2, 0.25) is 0 Å². The lowest BCUT2D eigenvalue weighted by Crippen LogP contribution is -2.39. The Morgan fingerprint density at radius 1 is 1.50 bits per heavy atom. The highest BCUT2D eigenvalue weighted by Crippen LogP contribution is 2.13. The van der Waals surface area contributed by atoms with Crippen LogP contribution in [-0.4, -0.2) is 34.9 Å². The Morgan fingerprint density at radius 3 is 2.65 bits per heavy atom. The van der Waals surface area contributed by atoms with Crippen molar-refractivity contribution in [2.24, 2.45) is 16.8 Å². The zero-order chi connectivity index (χ0) is 15.3. The molecule has 0 fully saturated rings. The second kappa shape index (κ2) is 6.83. The van der Waals surface area contributed by atoms with Crippen molar-refractivity contribution >= 4 is 11.7 Å². The zero-order valence-electron chi connectivity index (χ0n) is 11.3. The number of oxime groups is 1. The molecule has 1 unspecified atom stereocenters. The van der Waals surface area contributed by atoms with Gasteiger partial charge in [0.1, 0.15) is 17.5 Å². The Hall–Kier alpha value is -2.18. The minimum atomic E-state index is -0.912. The van der Waals surface area contributed by atoms with Crippen LogP contribution < -0.4 is 5.73 Å². The normalized spacial score (nSPS) is 13.1. The second-order valence-electron chi connectivity index (χ2n) is 4.39. The number of nitrogens with zero attached hydrogens (tertiary/aromatic N) is 2. The largest absolute Gasteiger partial charge is 0.409 e. The van der Waals surface area contributed by atoms with Crippen molar-refractivity contribution in [2.45, 2.75) is 13.8 Å². The van der Waals surface area contributed by atoms with Crippen molar-refractivity contribution in [1.29, 1.82) is 0 Å². The first kappa shape index (κ1) is 15.9. The van der Waals surface area contributed by atoms with Gasteiger partial charge < -0.3 is 15.8 Å². The fourth-order valence-electron chi connectivity index (χ4n) is 1.71. The van der Waals surface area contributed by atoms with E-state index in [1.54, 1.807) is 13.8 Å². The van der Waals surface area contributed by atoms with Gasteiger partial charge in [-0.3, -0.25) is 4.79 Å². The van der Waals surface area contributed by atoms with Gasteiger partial charge in [0.2, 0.25) is 0 Å². The number of hydrogen-bond donors (Lipinski definition) is 2. The number of amides is 1. The van der Waals surface area contributed by atoms with Gasteiger partial charge in [0, 0.05) is 25.1 Å². The fourth-order valence-corrected chi connectivity index (χ4v) is 1.71. The van der Waals surface area contributed by atoms with Crippen molar-refractivity contribution in [2.75, 3.05) is 13.1 Å². The van der Waals surface area contributed by atoms with Crippen molar-refractivity contribution < 1.29 is 18.8 Å². The molecule has 1 rings (SSSR count). The molecule has 0 saturated heterocycles. The van der Waals surface area contributed by atoms with Crippen LogP contribution in [0, 0.1) is 17.6 Å². The maximum Gasteiger partial charge on any atom is 0.256 e.